The maximum atomic E-state index is 6.63. The van der Waals surface area contributed by atoms with Gasteiger partial charge in [-0.25, -0.2) is 0 Å². The first-order chi connectivity index (χ1) is 9.83. The van der Waals surface area contributed by atoms with Crippen molar-refractivity contribution in [3.05, 3.63) is 42.1 Å². The van der Waals surface area contributed by atoms with Crippen LogP contribution in [0.15, 0.2) is 36.5 Å². The summed E-state index contributed by atoms with van der Waals surface area (Å²) in [7, 11) is 0. The molecule has 1 aromatic heterocycles. The highest BCUT2D eigenvalue weighted by atomic mass is 15.3. The third-order valence-corrected chi connectivity index (χ3v) is 4.77. The molecule has 0 radical (unpaired) electrons. The molecule has 1 aromatic carbocycles. The predicted octanol–water partition coefficient (Wildman–Crippen LogP) is 1.23. The normalized spacial score (nSPS) is 30.6. The van der Waals surface area contributed by atoms with Crippen LogP contribution in [0.5, 0.6) is 0 Å². The van der Waals surface area contributed by atoms with Gasteiger partial charge in [0.05, 0.1) is 5.52 Å². The van der Waals surface area contributed by atoms with E-state index in [1.54, 1.807) is 0 Å². The number of hydrogen-bond donors (Lipinski definition) is 1. The molecule has 4 heterocycles. The van der Waals surface area contributed by atoms with Gasteiger partial charge in [-0.05, 0) is 17.7 Å². The van der Waals surface area contributed by atoms with Crippen LogP contribution in [0.4, 0.5) is 0 Å². The molecule has 0 aliphatic carbocycles. The minimum absolute atomic E-state index is 0.0611. The first-order valence-corrected chi connectivity index (χ1v) is 7.38. The number of aromatic nitrogens is 1. The summed E-state index contributed by atoms with van der Waals surface area (Å²) in [4.78, 5) is 9.53. The van der Waals surface area contributed by atoms with Gasteiger partial charge < -0.3 is 5.73 Å². The van der Waals surface area contributed by atoms with E-state index in [2.05, 4.69) is 39.0 Å². The van der Waals surface area contributed by atoms with E-state index in [0.29, 0.717) is 6.04 Å². The van der Waals surface area contributed by atoms with Crippen molar-refractivity contribution in [1.82, 2.24) is 14.8 Å². The van der Waals surface area contributed by atoms with Crippen molar-refractivity contribution in [1.29, 1.82) is 0 Å². The van der Waals surface area contributed by atoms with Gasteiger partial charge in [0.25, 0.3) is 0 Å². The third kappa shape index (κ3) is 1.92. The summed E-state index contributed by atoms with van der Waals surface area (Å²) in [5.41, 5.74) is 8.90. The van der Waals surface area contributed by atoms with Gasteiger partial charge in [0.15, 0.2) is 0 Å². The number of benzene rings is 1. The molecular formula is C16H20N4. The molecule has 2 N–H and O–H groups in total. The zero-order valence-corrected chi connectivity index (χ0v) is 11.6. The molecule has 4 heteroatoms. The number of piperazine rings is 3. The van der Waals surface area contributed by atoms with E-state index in [0.717, 1.165) is 25.2 Å². The maximum Gasteiger partial charge on any atom is 0.0705 e. The molecule has 104 valence electrons. The van der Waals surface area contributed by atoms with Gasteiger partial charge in [0, 0.05) is 56.4 Å². The fourth-order valence-electron chi connectivity index (χ4n) is 3.62. The fraction of sp³-hybridized carbons (Fsp3) is 0.438. The van der Waals surface area contributed by atoms with Crippen molar-refractivity contribution in [2.45, 2.75) is 12.1 Å². The highest BCUT2D eigenvalue weighted by molar-refractivity contribution is 5.82. The Hall–Kier alpha value is -1.49. The lowest BCUT2D eigenvalue weighted by atomic mass is 9.92. The third-order valence-electron chi connectivity index (χ3n) is 4.77. The lowest BCUT2D eigenvalue weighted by molar-refractivity contribution is 0.00233. The smallest absolute Gasteiger partial charge is 0.0705 e. The lowest BCUT2D eigenvalue weighted by Gasteiger charge is -2.49. The summed E-state index contributed by atoms with van der Waals surface area (Å²) < 4.78 is 0. The Bertz CT molecular complexity index is 613. The summed E-state index contributed by atoms with van der Waals surface area (Å²) >= 11 is 0. The second-order valence-corrected chi connectivity index (χ2v) is 5.85. The molecule has 20 heavy (non-hydrogen) atoms. The summed E-state index contributed by atoms with van der Waals surface area (Å²) in [5.74, 6) is 0. The maximum absolute atomic E-state index is 6.63. The van der Waals surface area contributed by atoms with E-state index >= 15 is 0 Å². The van der Waals surface area contributed by atoms with E-state index in [-0.39, 0.29) is 6.04 Å². The molecule has 2 unspecified atom stereocenters. The van der Waals surface area contributed by atoms with Gasteiger partial charge in [0.1, 0.15) is 0 Å². The molecule has 3 aliphatic rings. The predicted molar refractivity (Wildman–Crippen MR) is 80.5 cm³/mol. The van der Waals surface area contributed by atoms with Crippen LogP contribution in [0.1, 0.15) is 11.6 Å². The highest BCUT2D eigenvalue weighted by Gasteiger charge is 2.36. The molecule has 0 amide bonds. The average molecular weight is 268 g/mol. The number of fused-ring (bicyclic) bond motifs is 4. The zero-order valence-electron chi connectivity index (χ0n) is 11.6. The Labute approximate surface area is 119 Å². The molecule has 2 atom stereocenters. The Morgan fingerprint density at radius 2 is 1.95 bits per heavy atom. The molecule has 2 bridgehead atoms. The van der Waals surface area contributed by atoms with Gasteiger partial charge in [-0.2, -0.15) is 0 Å². The molecular weight excluding hydrogens is 248 g/mol. The van der Waals surface area contributed by atoms with Crippen LogP contribution in [-0.4, -0.2) is 53.5 Å². The highest BCUT2D eigenvalue weighted by Crippen LogP contribution is 2.29. The fourth-order valence-corrected chi connectivity index (χ4v) is 3.62. The van der Waals surface area contributed by atoms with Crippen molar-refractivity contribution in [2.75, 3.05) is 32.7 Å². The van der Waals surface area contributed by atoms with Crippen molar-refractivity contribution in [2.24, 2.45) is 5.73 Å². The molecule has 0 spiro atoms. The molecule has 3 saturated heterocycles. The Morgan fingerprint density at radius 3 is 2.70 bits per heavy atom. The van der Waals surface area contributed by atoms with Crippen molar-refractivity contribution in [3.8, 4) is 0 Å². The average Bonchev–Trinajstić information content (AvgIpc) is 2.54. The number of nitrogens with zero attached hydrogens (tertiary/aromatic N) is 3. The number of rotatable bonds is 2. The van der Waals surface area contributed by atoms with E-state index in [9.17, 15) is 0 Å². The van der Waals surface area contributed by atoms with Crippen LogP contribution >= 0.6 is 0 Å². The summed E-state index contributed by atoms with van der Waals surface area (Å²) in [6, 6.07) is 10.9. The SMILES string of the molecule is NC(c1cccc2ncccc12)C1CN2CCN1CC2. The monoisotopic (exact) mass is 268 g/mol. The van der Waals surface area contributed by atoms with Crippen LogP contribution < -0.4 is 5.73 Å². The second kappa shape index (κ2) is 4.81. The molecule has 3 aliphatic heterocycles. The van der Waals surface area contributed by atoms with E-state index in [1.165, 1.54) is 24.0 Å². The zero-order chi connectivity index (χ0) is 13.5. The first-order valence-electron chi connectivity index (χ1n) is 7.38. The van der Waals surface area contributed by atoms with E-state index < -0.39 is 0 Å². The Balaban J connectivity index is 1.72. The van der Waals surface area contributed by atoms with Crippen LogP contribution in [0.2, 0.25) is 0 Å². The quantitative estimate of drug-likeness (QED) is 0.890. The van der Waals surface area contributed by atoms with E-state index in [1.807, 2.05) is 12.3 Å². The number of pyridine rings is 1. The molecule has 5 rings (SSSR count). The van der Waals surface area contributed by atoms with Crippen molar-refractivity contribution in [3.63, 3.8) is 0 Å². The standard InChI is InChI=1S/C16H20N4/c17-16(15-11-19-7-9-20(15)10-8-19)13-3-1-5-14-12(13)4-2-6-18-14/h1-6,15-16H,7-11,17H2. The minimum Gasteiger partial charge on any atom is -0.323 e. The van der Waals surface area contributed by atoms with Crippen molar-refractivity contribution >= 4 is 10.9 Å². The molecule has 2 aromatic rings. The van der Waals surface area contributed by atoms with Crippen LogP contribution in [0, 0.1) is 0 Å². The minimum atomic E-state index is 0.0611. The van der Waals surface area contributed by atoms with Gasteiger partial charge in [-0.15, -0.1) is 0 Å². The summed E-state index contributed by atoms with van der Waals surface area (Å²) in [5, 5.41) is 1.19. The number of nitrogens with two attached hydrogens (primary N) is 1. The van der Waals surface area contributed by atoms with Gasteiger partial charge in [0.2, 0.25) is 0 Å². The van der Waals surface area contributed by atoms with Crippen LogP contribution in [0.25, 0.3) is 10.9 Å². The lowest BCUT2D eigenvalue weighted by Crippen LogP contribution is -2.63. The van der Waals surface area contributed by atoms with E-state index in [4.69, 9.17) is 5.73 Å². The van der Waals surface area contributed by atoms with Gasteiger partial charge in [-0.1, -0.05) is 18.2 Å². The van der Waals surface area contributed by atoms with Gasteiger partial charge >= 0.3 is 0 Å². The Morgan fingerprint density at radius 1 is 1.10 bits per heavy atom. The largest absolute Gasteiger partial charge is 0.323 e. The number of hydrogen-bond acceptors (Lipinski definition) is 4. The molecule has 0 saturated carbocycles. The first kappa shape index (κ1) is 12.3. The summed E-state index contributed by atoms with van der Waals surface area (Å²) in [6.45, 7) is 5.79. The topological polar surface area (TPSA) is 45.4 Å². The summed E-state index contributed by atoms with van der Waals surface area (Å²) in [6.07, 6.45) is 1.84. The molecule has 4 nitrogen and oxygen atoms in total. The van der Waals surface area contributed by atoms with Gasteiger partial charge in [-0.3, -0.25) is 14.8 Å². The van der Waals surface area contributed by atoms with Crippen LogP contribution in [0.3, 0.4) is 0 Å². The van der Waals surface area contributed by atoms with Crippen LogP contribution in [-0.2, 0) is 0 Å². The molecule has 3 fully saturated rings. The Kier molecular flexibility index (Phi) is 2.95. The second-order valence-electron chi connectivity index (χ2n) is 5.85. The van der Waals surface area contributed by atoms with Crippen molar-refractivity contribution < 1.29 is 0 Å².